The highest BCUT2D eigenvalue weighted by Gasteiger charge is 2.52. The summed E-state index contributed by atoms with van der Waals surface area (Å²) in [4.78, 5) is 59.1. The largest absolute Gasteiger partial charge is 0.463 e. The van der Waals surface area contributed by atoms with E-state index in [9.17, 15) is 32.4 Å². The lowest BCUT2D eigenvalue weighted by atomic mass is 9.96. The molecule has 1 aliphatic heterocycles. The van der Waals surface area contributed by atoms with E-state index in [4.69, 9.17) is 35.3 Å². The molecule has 2 N–H and O–H groups in total. The molecule has 0 bridgehead atoms. The Morgan fingerprint density at radius 1 is 0.892 bits per heavy atom. The number of urea groups is 1. The molecule has 0 radical (unpaired) electrons. The Morgan fingerprint density at radius 3 is 2.00 bits per heavy atom. The average molecular weight is 565 g/mol. The first kappa shape index (κ1) is 29.8. The van der Waals surface area contributed by atoms with Crippen molar-refractivity contribution >= 4 is 51.5 Å². The number of rotatable bonds is 8. The molecule has 1 heterocycles. The van der Waals surface area contributed by atoms with E-state index >= 15 is 0 Å². The van der Waals surface area contributed by atoms with Gasteiger partial charge in [-0.25, -0.2) is 17.9 Å². The fraction of sp³-hybridized carbons (Fsp3) is 0.476. The standard InChI is InChI=1S/C21H25ClN2O12S/c1-10(25)32-9-15-18(33-11(2)26)19(34-12(3)27)17(20(36-15)35-13(4)28)23-21(29)24-37(30,31)16-8-6-5-7-14(16)22/h5-8,15,17-20H,9H2,1-4H3,(H2,23,24,29)/t15?,17-,18+,19?,20+/m0/s1. The average Bonchev–Trinajstić information content (AvgIpc) is 2.75. The van der Waals surface area contributed by atoms with Crippen LogP contribution in [0, 0.1) is 0 Å². The van der Waals surface area contributed by atoms with Gasteiger partial charge in [-0.2, -0.15) is 0 Å². The summed E-state index contributed by atoms with van der Waals surface area (Å²) in [7, 11) is -4.48. The van der Waals surface area contributed by atoms with Crippen LogP contribution < -0.4 is 10.0 Å². The van der Waals surface area contributed by atoms with Crippen molar-refractivity contribution in [3.05, 3.63) is 29.3 Å². The molecule has 1 aliphatic rings. The lowest BCUT2D eigenvalue weighted by molar-refractivity contribution is -0.270. The molecule has 1 fully saturated rings. The third-order valence-corrected chi connectivity index (χ3v) is 6.47. The molecule has 204 valence electrons. The topological polar surface area (TPSA) is 190 Å². The first-order chi connectivity index (χ1) is 17.2. The van der Waals surface area contributed by atoms with Crippen LogP contribution >= 0.6 is 11.6 Å². The molecule has 0 aliphatic carbocycles. The zero-order valence-electron chi connectivity index (χ0n) is 20.1. The van der Waals surface area contributed by atoms with Crippen molar-refractivity contribution in [2.45, 2.75) is 63.2 Å². The van der Waals surface area contributed by atoms with Crippen LogP contribution in [0.1, 0.15) is 27.7 Å². The van der Waals surface area contributed by atoms with Gasteiger partial charge in [0.05, 0.1) is 5.02 Å². The highest BCUT2D eigenvalue weighted by Crippen LogP contribution is 2.28. The van der Waals surface area contributed by atoms with Crippen molar-refractivity contribution < 1.29 is 56.1 Å². The molecule has 2 rings (SSSR count). The van der Waals surface area contributed by atoms with Crippen LogP contribution in [0.25, 0.3) is 0 Å². The molecule has 16 heteroatoms. The van der Waals surface area contributed by atoms with E-state index in [1.54, 1.807) is 4.72 Å². The molecular weight excluding hydrogens is 540 g/mol. The molecule has 1 saturated heterocycles. The van der Waals surface area contributed by atoms with Crippen molar-refractivity contribution in [2.75, 3.05) is 6.61 Å². The molecular formula is C21H25ClN2O12S. The van der Waals surface area contributed by atoms with Crippen LogP contribution in [0.5, 0.6) is 0 Å². The van der Waals surface area contributed by atoms with Crippen molar-refractivity contribution in [2.24, 2.45) is 0 Å². The predicted octanol–water partition coefficient (Wildman–Crippen LogP) is 0.411. The van der Waals surface area contributed by atoms with E-state index < -0.39 is 82.1 Å². The van der Waals surface area contributed by atoms with E-state index in [1.807, 2.05) is 0 Å². The number of hydrogen-bond acceptors (Lipinski definition) is 12. The zero-order valence-corrected chi connectivity index (χ0v) is 21.7. The summed E-state index contributed by atoms with van der Waals surface area (Å²) >= 11 is 5.91. The normalized spacial score (nSPS) is 23.2. The Balaban J connectivity index is 2.43. The van der Waals surface area contributed by atoms with E-state index in [-0.39, 0.29) is 5.02 Å². The molecule has 0 saturated carbocycles. The van der Waals surface area contributed by atoms with E-state index in [0.29, 0.717) is 0 Å². The quantitative estimate of drug-likeness (QED) is 0.327. The van der Waals surface area contributed by atoms with Crippen LogP contribution in [0.3, 0.4) is 0 Å². The number of carbonyl (C=O) groups is 5. The summed E-state index contributed by atoms with van der Waals surface area (Å²) in [5.41, 5.74) is 0. The number of amides is 2. The molecule has 1 aromatic carbocycles. The van der Waals surface area contributed by atoms with Gasteiger partial charge in [-0.05, 0) is 12.1 Å². The number of nitrogens with one attached hydrogen (secondary N) is 2. The maximum atomic E-state index is 12.7. The minimum Gasteiger partial charge on any atom is -0.463 e. The highest BCUT2D eigenvalue weighted by molar-refractivity contribution is 7.90. The number of hydrogen-bond donors (Lipinski definition) is 2. The summed E-state index contributed by atoms with van der Waals surface area (Å²) in [6, 6.07) is 2.38. The maximum absolute atomic E-state index is 12.7. The number of sulfonamides is 1. The van der Waals surface area contributed by atoms with Crippen LogP contribution in [-0.2, 0) is 52.9 Å². The number of ether oxygens (including phenoxy) is 5. The van der Waals surface area contributed by atoms with Gasteiger partial charge in [0.1, 0.15) is 23.6 Å². The van der Waals surface area contributed by atoms with Crippen LogP contribution in [0.4, 0.5) is 4.79 Å². The molecule has 14 nitrogen and oxygen atoms in total. The minimum atomic E-state index is -4.48. The SMILES string of the molecule is CC(=O)OCC1O[C@@H](OC(C)=O)[C@@H](NC(=O)NS(=O)(=O)c2ccccc2Cl)C(OC(C)=O)[C@@H]1OC(C)=O. The summed E-state index contributed by atoms with van der Waals surface area (Å²) in [6.07, 6.45) is -6.05. The molecule has 0 spiro atoms. The molecule has 0 aromatic heterocycles. The smallest absolute Gasteiger partial charge is 0.329 e. The van der Waals surface area contributed by atoms with Gasteiger partial charge in [-0.3, -0.25) is 19.2 Å². The lowest BCUT2D eigenvalue weighted by Gasteiger charge is -2.44. The Morgan fingerprint density at radius 2 is 1.46 bits per heavy atom. The van der Waals surface area contributed by atoms with Crippen molar-refractivity contribution in [3.63, 3.8) is 0 Å². The molecule has 5 atom stereocenters. The maximum Gasteiger partial charge on any atom is 0.329 e. The first-order valence-corrected chi connectivity index (χ1v) is 12.5. The number of halogens is 1. The summed E-state index contributed by atoms with van der Waals surface area (Å²) in [5, 5.41) is 2.05. The fourth-order valence-electron chi connectivity index (χ4n) is 3.34. The Bertz CT molecular complexity index is 1160. The van der Waals surface area contributed by atoms with E-state index in [2.05, 4.69) is 5.32 Å². The van der Waals surface area contributed by atoms with Crippen LogP contribution in [0.15, 0.2) is 29.2 Å². The number of benzene rings is 1. The summed E-state index contributed by atoms with van der Waals surface area (Å²) < 4.78 is 53.2. The highest BCUT2D eigenvalue weighted by atomic mass is 35.5. The first-order valence-electron chi connectivity index (χ1n) is 10.6. The monoisotopic (exact) mass is 564 g/mol. The van der Waals surface area contributed by atoms with Gasteiger partial charge in [0.2, 0.25) is 6.29 Å². The van der Waals surface area contributed by atoms with Gasteiger partial charge in [-0.15, -0.1) is 0 Å². The number of carbonyl (C=O) groups excluding carboxylic acids is 5. The second-order valence-electron chi connectivity index (χ2n) is 7.64. The van der Waals surface area contributed by atoms with Crippen molar-refractivity contribution in [1.82, 2.24) is 10.0 Å². The number of esters is 4. The summed E-state index contributed by atoms with van der Waals surface area (Å²) in [6.45, 7) is 3.66. The zero-order chi connectivity index (χ0) is 27.9. The lowest BCUT2D eigenvalue weighted by Crippen LogP contribution is -2.67. The third-order valence-electron chi connectivity index (χ3n) is 4.63. The molecule has 2 amide bonds. The fourth-order valence-corrected chi connectivity index (χ4v) is 4.78. The van der Waals surface area contributed by atoms with Crippen LogP contribution in [-0.4, -0.2) is 75.6 Å². The van der Waals surface area contributed by atoms with Gasteiger partial charge in [0.25, 0.3) is 10.0 Å². The molecule has 37 heavy (non-hydrogen) atoms. The van der Waals surface area contributed by atoms with Gasteiger partial charge >= 0.3 is 29.9 Å². The van der Waals surface area contributed by atoms with E-state index in [1.165, 1.54) is 18.2 Å². The molecule has 2 unspecified atom stereocenters. The van der Waals surface area contributed by atoms with Gasteiger partial charge < -0.3 is 29.0 Å². The Labute approximate surface area is 216 Å². The van der Waals surface area contributed by atoms with Crippen molar-refractivity contribution in [3.8, 4) is 0 Å². The summed E-state index contributed by atoms with van der Waals surface area (Å²) in [5.74, 6) is -3.36. The van der Waals surface area contributed by atoms with Gasteiger partial charge in [0, 0.05) is 27.7 Å². The van der Waals surface area contributed by atoms with Crippen molar-refractivity contribution in [1.29, 1.82) is 0 Å². The third kappa shape index (κ3) is 8.58. The van der Waals surface area contributed by atoms with E-state index in [0.717, 1.165) is 33.8 Å². The molecule has 1 aromatic rings. The second kappa shape index (κ2) is 12.7. The van der Waals surface area contributed by atoms with Gasteiger partial charge in [0.15, 0.2) is 12.2 Å². The second-order valence-corrected chi connectivity index (χ2v) is 9.70. The van der Waals surface area contributed by atoms with Gasteiger partial charge in [-0.1, -0.05) is 23.7 Å². The Hall–Kier alpha value is -3.43. The Kier molecular flexibility index (Phi) is 10.2. The minimum absolute atomic E-state index is 0.164. The predicted molar refractivity (Wildman–Crippen MR) is 122 cm³/mol. The van der Waals surface area contributed by atoms with Crippen LogP contribution in [0.2, 0.25) is 5.02 Å².